The van der Waals surface area contributed by atoms with Gasteiger partial charge in [0.05, 0.1) is 28.2 Å². The molecule has 4 aromatic carbocycles. The first-order valence-electron chi connectivity index (χ1n) is 13.5. The van der Waals surface area contributed by atoms with Crippen molar-refractivity contribution in [1.29, 1.82) is 0 Å². The average Bonchev–Trinajstić information content (AvgIpc) is 3.48. The summed E-state index contributed by atoms with van der Waals surface area (Å²) in [5.41, 5.74) is 6.49. The van der Waals surface area contributed by atoms with Crippen LogP contribution in [0.1, 0.15) is 35.3 Å². The van der Waals surface area contributed by atoms with Gasteiger partial charge < -0.3 is 5.11 Å². The summed E-state index contributed by atoms with van der Waals surface area (Å²) in [6.07, 6.45) is 0. The molecule has 1 aliphatic heterocycles. The Morgan fingerprint density at radius 2 is 1.65 bits per heavy atom. The molecule has 0 bridgehead atoms. The van der Waals surface area contributed by atoms with Gasteiger partial charge in [0.15, 0.2) is 0 Å². The van der Waals surface area contributed by atoms with Crippen LogP contribution < -0.4 is 0 Å². The third-order valence-corrected chi connectivity index (χ3v) is 9.74. The number of rotatable bonds is 6. The Kier molecular flexibility index (Phi) is 7.07. The smallest absolute Gasteiger partial charge is 0.335 e. The number of fused-ring (bicyclic) bond motifs is 1. The first kappa shape index (κ1) is 28.6. The fourth-order valence-corrected chi connectivity index (χ4v) is 7.47. The van der Waals surface area contributed by atoms with E-state index in [-0.39, 0.29) is 15.5 Å². The Morgan fingerprint density at radius 3 is 2.30 bits per heavy atom. The lowest BCUT2D eigenvalue weighted by atomic mass is 9.92. The van der Waals surface area contributed by atoms with Gasteiger partial charge >= 0.3 is 5.97 Å². The fourth-order valence-electron chi connectivity index (χ4n) is 5.63. The molecule has 0 fully saturated rings. The number of aliphatic imine (C=N–C) groups is 1. The van der Waals surface area contributed by atoms with Crippen LogP contribution in [0.4, 0.5) is 4.39 Å². The maximum atomic E-state index is 14.9. The number of carbonyl (C=O) groups is 1. The highest BCUT2D eigenvalue weighted by Gasteiger charge is 2.32. The second kappa shape index (κ2) is 10.6. The minimum atomic E-state index is -4.18. The lowest BCUT2D eigenvalue weighted by Gasteiger charge is -2.16. The number of aromatic carboxylic acids is 1. The first-order chi connectivity index (χ1) is 20.5. The van der Waals surface area contributed by atoms with Crippen molar-refractivity contribution < 1.29 is 22.7 Å². The largest absolute Gasteiger partial charge is 0.478 e. The van der Waals surface area contributed by atoms with Crippen molar-refractivity contribution in [2.75, 3.05) is 6.54 Å². The summed E-state index contributed by atoms with van der Waals surface area (Å²) in [7, 11) is -4.18. The standard InChI is InChI=1S/C34H26ClFN2O4S/c1-19-7-11-26(12-8-19)43(41,42)38-30-14-10-25(36)17-28(30)32(31-20(2)18-37-21(31)3)33(38)23-6-4-5-22(15-23)27-13-9-24(34(39)40)16-29(27)35/h4-17H,18H2,1-3H3,(H,39,40). The van der Waals surface area contributed by atoms with Crippen molar-refractivity contribution in [1.82, 2.24) is 3.97 Å². The third kappa shape index (κ3) is 4.86. The summed E-state index contributed by atoms with van der Waals surface area (Å²) in [6.45, 7) is 6.15. The topological polar surface area (TPSA) is 88.7 Å². The van der Waals surface area contributed by atoms with E-state index in [1.54, 1.807) is 42.5 Å². The summed E-state index contributed by atoms with van der Waals surface area (Å²) in [4.78, 5) is 16.2. The molecule has 9 heteroatoms. The van der Waals surface area contributed by atoms with Gasteiger partial charge in [-0.25, -0.2) is 21.6 Å². The summed E-state index contributed by atoms with van der Waals surface area (Å²) >= 11 is 6.53. The number of carboxylic acids is 1. The number of allylic oxidation sites excluding steroid dienone is 1. The molecular weight excluding hydrogens is 587 g/mol. The molecule has 0 amide bonds. The van der Waals surface area contributed by atoms with Gasteiger partial charge in [0, 0.05) is 38.4 Å². The Labute approximate surface area is 253 Å². The maximum Gasteiger partial charge on any atom is 0.335 e. The molecule has 5 aromatic rings. The number of halogens is 2. The molecule has 1 N–H and O–H groups in total. The number of hydrogen-bond donors (Lipinski definition) is 1. The van der Waals surface area contributed by atoms with Crippen molar-refractivity contribution in [3.05, 3.63) is 118 Å². The van der Waals surface area contributed by atoms with Crippen LogP contribution in [0.2, 0.25) is 5.02 Å². The highest BCUT2D eigenvalue weighted by atomic mass is 35.5. The molecular formula is C34H26ClFN2O4S. The zero-order valence-corrected chi connectivity index (χ0v) is 25.1. The van der Waals surface area contributed by atoms with E-state index in [0.717, 1.165) is 22.4 Å². The van der Waals surface area contributed by atoms with E-state index in [2.05, 4.69) is 4.99 Å². The lowest BCUT2D eigenvalue weighted by Crippen LogP contribution is -2.15. The predicted octanol–water partition coefficient (Wildman–Crippen LogP) is 8.26. The van der Waals surface area contributed by atoms with Crippen molar-refractivity contribution in [2.24, 2.45) is 4.99 Å². The number of benzene rings is 4. The molecule has 0 unspecified atom stereocenters. The molecule has 216 valence electrons. The quantitative estimate of drug-likeness (QED) is 0.209. The van der Waals surface area contributed by atoms with Crippen molar-refractivity contribution in [2.45, 2.75) is 25.7 Å². The zero-order valence-electron chi connectivity index (χ0n) is 23.5. The van der Waals surface area contributed by atoms with E-state index in [1.165, 1.54) is 34.3 Å². The van der Waals surface area contributed by atoms with Crippen LogP contribution in [0.3, 0.4) is 0 Å². The van der Waals surface area contributed by atoms with Crippen LogP contribution in [-0.2, 0) is 10.0 Å². The van der Waals surface area contributed by atoms with Crippen molar-refractivity contribution in [3.63, 3.8) is 0 Å². The van der Waals surface area contributed by atoms with Gasteiger partial charge in [0.25, 0.3) is 10.0 Å². The molecule has 0 spiro atoms. The van der Waals surface area contributed by atoms with Gasteiger partial charge in [-0.3, -0.25) is 4.99 Å². The second-order valence-electron chi connectivity index (χ2n) is 10.6. The molecule has 0 saturated carbocycles. The maximum absolute atomic E-state index is 14.9. The predicted molar refractivity (Wildman–Crippen MR) is 169 cm³/mol. The van der Waals surface area contributed by atoms with Gasteiger partial charge in [-0.2, -0.15) is 0 Å². The van der Waals surface area contributed by atoms with Crippen LogP contribution in [-0.4, -0.2) is 35.7 Å². The Bertz CT molecular complexity index is 2150. The van der Waals surface area contributed by atoms with Gasteiger partial charge in [0.2, 0.25) is 0 Å². The van der Waals surface area contributed by atoms with Gasteiger partial charge in [0.1, 0.15) is 5.82 Å². The summed E-state index contributed by atoms with van der Waals surface area (Å²) in [5, 5.41) is 10.1. The minimum absolute atomic E-state index is 0.0527. The molecule has 6 rings (SSSR count). The van der Waals surface area contributed by atoms with E-state index >= 15 is 0 Å². The molecule has 1 aromatic heterocycles. The number of carboxylic acid groups (broad SMARTS) is 1. The van der Waals surface area contributed by atoms with Gasteiger partial charge in [-0.05, 0) is 80.4 Å². The van der Waals surface area contributed by atoms with E-state index in [1.807, 2.05) is 32.9 Å². The minimum Gasteiger partial charge on any atom is -0.478 e. The molecule has 6 nitrogen and oxygen atoms in total. The van der Waals surface area contributed by atoms with Crippen LogP contribution >= 0.6 is 11.6 Å². The highest BCUT2D eigenvalue weighted by Crippen LogP contribution is 2.44. The molecule has 0 radical (unpaired) electrons. The normalized spacial score (nSPS) is 13.6. The van der Waals surface area contributed by atoms with E-state index in [9.17, 15) is 22.7 Å². The van der Waals surface area contributed by atoms with Gasteiger partial charge in [-0.1, -0.05) is 53.6 Å². The molecule has 1 aliphatic rings. The van der Waals surface area contributed by atoms with Crippen LogP contribution in [0.5, 0.6) is 0 Å². The van der Waals surface area contributed by atoms with Crippen molar-refractivity contribution in [3.8, 4) is 22.4 Å². The molecule has 0 atom stereocenters. The molecule has 2 heterocycles. The van der Waals surface area contributed by atoms with Crippen LogP contribution in [0.25, 0.3) is 38.9 Å². The number of nitrogens with zero attached hydrogens (tertiary/aromatic N) is 2. The Hall–Kier alpha value is -4.53. The van der Waals surface area contributed by atoms with E-state index in [0.29, 0.717) is 45.4 Å². The Balaban J connectivity index is 1.72. The molecule has 0 aliphatic carbocycles. The first-order valence-corrected chi connectivity index (χ1v) is 15.3. The third-order valence-electron chi connectivity index (χ3n) is 7.70. The second-order valence-corrected chi connectivity index (χ2v) is 12.8. The molecule has 43 heavy (non-hydrogen) atoms. The summed E-state index contributed by atoms with van der Waals surface area (Å²) in [6, 6.07) is 22.4. The van der Waals surface area contributed by atoms with E-state index < -0.39 is 21.8 Å². The van der Waals surface area contributed by atoms with Gasteiger partial charge in [-0.15, -0.1) is 0 Å². The van der Waals surface area contributed by atoms with Crippen LogP contribution in [0.15, 0.2) is 100 Å². The average molecular weight is 613 g/mol. The molecule has 0 saturated heterocycles. The monoisotopic (exact) mass is 612 g/mol. The zero-order chi connectivity index (χ0) is 30.6. The number of hydrogen-bond acceptors (Lipinski definition) is 4. The number of aromatic nitrogens is 1. The SMILES string of the molecule is CC1=NCC(C)=C1c1c(-c2cccc(-c3ccc(C(=O)O)cc3Cl)c2)n(S(=O)(=O)c2ccc(C)cc2)c2ccc(F)cc12. The summed E-state index contributed by atoms with van der Waals surface area (Å²) < 4.78 is 45.1. The lowest BCUT2D eigenvalue weighted by molar-refractivity contribution is 0.0697. The Morgan fingerprint density at radius 1 is 0.930 bits per heavy atom. The number of aryl methyl sites for hydroxylation is 1. The van der Waals surface area contributed by atoms with Crippen LogP contribution in [0, 0.1) is 12.7 Å². The van der Waals surface area contributed by atoms with E-state index in [4.69, 9.17) is 11.6 Å². The highest BCUT2D eigenvalue weighted by molar-refractivity contribution is 7.90. The fraction of sp³-hybridized carbons (Fsp3) is 0.118. The van der Waals surface area contributed by atoms with Crippen molar-refractivity contribution >= 4 is 49.8 Å². The summed E-state index contributed by atoms with van der Waals surface area (Å²) in [5.74, 6) is -1.59.